The number of likely N-dealkylation sites (N-methyl/N-ethyl adjacent to an activating group) is 1. The van der Waals surface area contributed by atoms with Gasteiger partial charge in [0.05, 0.1) is 5.56 Å². The van der Waals surface area contributed by atoms with E-state index in [-0.39, 0.29) is 35.0 Å². The minimum atomic E-state index is -4.76. The van der Waals surface area contributed by atoms with Crippen LogP contribution in [0.3, 0.4) is 0 Å². The van der Waals surface area contributed by atoms with Gasteiger partial charge in [-0.25, -0.2) is 9.37 Å². The number of benzene rings is 3. The summed E-state index contributed by atoms with van der Waals surface area (Å²) >= 11 is 0. The minimum absolute atomic E-state index is 0.183. The summed E-state index contributed by atoms with van der Waals surface area (Å²) in [5, 5.41) is 6.12. The van der Waals surface area contributed by atoms with Gasteiger partial charge in [0.25, 0.3) is 5.91 Å². The number of rotatable bonds is 7. The Morgan fingerprint density at radius 3 is 2.61 bits per heavy atom. The molecule has 3 aromatic carbocycles. The Balaban J connectivity index is 1.21. The number of hydrogen-bond donors (Lipinski definition) is 1. The maximum Gasteiger partial charge on any atom is 0.471 e. The molecule has 2 aromatic heterocycles. The highest BCUT2D eigenvalue weighted by atomic mass is 19.4. The van der Waals surface area contributed by atoms with Gasteiger partial charge in [0.2, 0.25) is 11.7 Å². The van der Waals surface area contributed by atoms with E-state index in [0.717, 1.165) is 5.69 Å². The number of amides is 1. The molecule has 0 radical (unpaired) electrons. The maximum absolute atomic E-state index is 14.1. The van der Waals surface area contributed by atoms with Crippen LogP contribution in [-0.2, 0) is 6.18 Å². The summed E-state index contributed by atoms with van der Waals surface area (Å²) in [6.07, 6.45) is -4.76. The highest BCUT2D eigenvalue weighted by Gasteiger charge is 2.38. The van der Waals surface area contributed by atoms with Crippen LogP contribution in [0.2, 0.25) is 0 Å². The summed E-state index contributed by atoms with van der Waals surface area (Å²) in [6.45, 7) is 0.714. The zero-order valence-electron chi connectivity index (χ0n) is 19.8. The standard InChI is InChI=1S/C26H19F4N5O3/c1-35(17-9-10-21-20(14-17)32-24(37-21)18-7-2-3-8-19(18)27)12-11-31-23(36)16-6-4-5-15(13-16)22-33-25(38-34-22)26(28,29)30/h2-10,13-14H,11-12H2,1H3,(H,31,36). The van der Waals surface area contributed by atoms with Crippen LogP contribution in [-0.4, -0.2) is 41.2 Å². The van der Waals surface area contributed by atoms with Crippen molar-refractivity contribution < 1.29 is 31.3 Å². The van der Waals surface area contributed by atoms with E-state index < -0.39 is 23.8 Å². The van der Waals surface area contributed by atoms with Crippen molar-refractivity contribution in [3.05, 3.63) is 84.0 Å². The van der Waals surface area contributed by atoms with Crippen LogP contribution in [0, 0.1) is 5.82 Å². The Bertz CT molecular complexity index is 1610. The first kappa shape index (κ1) is 24.9. The van der Waals surface area contributed by atoms with E-state index in [4.69, 9.17) is 4.42 Å². The van der Waals surface area contributed by atoms with Gasteiger partial charge in [-0.3, -0.25) is 4.79 Å². The van der Waals surface area contributed by atoms with E-state index in [0.29, 0.717) is 17.6 Å². The molecule has 0 atom stereocenters. The molecule has 0 aliphatic heterocycles. The number of carbonyl (C=O) groups is 1. The molecule has 0 fully saturated rings. The van der Waals surface area contributed by atoms with Gasteiger partial charge in [0, 0.05) is 37.0 Å². The van der Waals surface area contributed by atoms with E-state index in [1.807, 2.05) is 18.0 Å². The number of oxazole rings is 1. The van der Waals surface area contributed by atoms with Crippen LogP contribution >= 0.6 is 0 Å². The number of anilines is 1. The summed E-state index contributed by atoms with van der Waals surface area (Å²) in [4.78, 5) is 22.3. The van der Waals surface area contributed by atoms with Gasteiger partial charge in [-0.05, 0) is 42.5 Å². The lowest BCUT2D eigenvalue weighted by molar-refractivity contribution is -0.159. The summed E-state index contributed by atoms with van der Waals surface area (Å²) in [7, 11) is 1.83. The van der Waals surface area contributed by atoms with Crippen LogP contribution < -0.4 is 10.2 Å². The van der Waals surface area contributed by atoms with Crippen LogP contribution in [0.4, 0.5) is 23.2 Å². The fraction of sp³-hybridized carbons (Fsp3) is 0.154. The molecule has 1 N–H and O–H groups in total. The van der Waals surface area contributed by atoms with Crippen molar-refractivity contribution >= 4 is 22.7 Å². The van der Waals surface area contributed by atoms with Crippen molar-refractivity contribution in [3.63, 3.8) is 0 Å². The predicted octanol–water partition coefficient (Wildman–Crippen LogP) is 5.57. The molecule has 5 aromatic rings. The second kappa shape index (κ2) is 9.96. The first-order valence-electron chi connectivity index (χ1n) is 11.4. The summed E-state index contributed by atoms with van der Waals surface area (Å²) in [5.74, 6) is -2.39. The fourth-order valence-electron chi connectivity index (χ4n) is 3.73. The largest absolute Gasteiger partial charge is 0.471 e. The van der Waals surface area contributed by atoms with E-state index in [1.165, 1.54) is 30.3 Å². The number of aromatic nitrogens is 3. The third kappa shape index (κ3) is 5.19. The van der Waals surface area contributed by atoms with Crippen LogP contribution in [0.1, 0.15) is 16.2 Å². The van der Waals surface area contributed by atoms with Crippen LogP contribution in [0.5, 0.6) is 0 Å². The summed E-state index contributed by atoms with van der Waals surface area (Å²) < 4.78 is 62.2. The van der Waals surface area contributed by atoms with Crippen molar-refractivity contribution in [1.29, 1.82) is 0 Å². The molecular formula is C26H19F4N5O3. The van der Waals surface area contributed by atoms with Crippen molar-refractivity contribution in [2.75, 3.05) is 25.0 Å². The summed E-state index contributed by atoms with van der Waals surface area (Å²) in [5.41, 5.74) is 2.59. The monoisotopic (exact) mass is 525 g/mol. The second-order valence-electron chi connectivity index (χ2n) is 8.33. The second-order valence-corrected chi connectivity index (χ2v) is 8.33. The lowest BCUT2D eigenvalue weighted by Crippen LogP contribution is -2.33. The van der Waals surface area contributed by atoms with Gasteiger partial charge in [0.15, 0.2) is 5.58 Å². The lowest BCUT2D eigenvalue weighted by atomic mass is 10.1. The first-order chi connectivity index (χ1) is 18.2. The van der Waals surface area contributed by atoms with Crippen LogP contribution in [0.25, 0.3) is 33.9 Å². The van der Waals surface area contributed by atoms with E-state index in [9.17, 15) is 22.4 Å². The van der Waals surface area contributed by atoms with Crippen molar-refractivity contribution in [2.24, 2.45) is 0 Å². The maximum atomic E-state index is 14.1. The number of nitrogens with zero attached hydrogens (tertiary/aromatic N) is 4. The zero-order chi connectivity index (χ0) is 26.9. The van der Waals surface area contributed by atoms with Gasteiger partial charge in [-0.1, -0.05) is 29.4 Å². The number of nitrogens with one attached hydrogen (secondary N) is 1. The molecule has 0 bridgehead atoms. The smallest absolute Gasteiger partial charge is 0.436 e. The van der Waals surface area contributed by atoms with Gasteiger partial charge in [-0.2, -0.15) is 18.2 Å². The molecule has 2 heterocycles. The topological polar surface area (TPSA) is 97.3 Å². The summed E-state index contributed by atoms with van der Waals surface area (Å²) in [6, 6.07) is 17.5. The molecule has 8 nitrogen and oxygen atoms in total. The number of fused-ring (bicyclic) bond motifs is 1. The quantitative estimate of drug-likeness (QED) is 0.278. The molecule has 1 amide bonds. The van der Waals surface area contributed by atoms with E-state index in [2.05, 4.69) is 25.0 Å². The van der Waals surface area contributed by atoms with E-state index in [1.54, 1.807) is 30.3 Å². The number of halogens is 4. The predicted molar refractivity (Wildman–Crippen MR) is 130 cm³/mol. The van der Waals surface area contributed by atoms with Crippen LogP contribution in [0.15, 0.2) is 75.7 Å². The number of carbonyl (C=O) groups excluding carboxylic acids is 1. The first-order valence-corrected chi connectivity index (χ1v) is 11.4. The van der Waals surface area contributed by atoms with Gasteiger partial charge in [-0.15, -0.1) is 0 Å². The molecule has 0 saturated heterocycles. The Hall–Kier alpha value is -4.74. The zero-order valence-corrected chi connectivity index (χ0v) is 19.8. The van der Waals surface area contributed by atoms with Gasteiger partial charge >= 0.3 is 12.1 Å². The third-order valence-electron chi connectivity index (χ3n) is 5.70. The highest BCUT2D eigenvalue weighted by Crippen LogP contribution is 2.30. The van der Waals surface area contributed by atoms with Crippen molar-refractivity contribution in [3.8, 4) is 22.8 Å². The lowest BCUT2D eigenvalue weighted by Gasteiger charge is -2.19. The Morgan fingerprint density at radius 2 is 1.84 bits per heavy atom. The Labute approximate surface area is 212 Å². The highest BCUT2D eigenvalue weighted by molar-refractivity contribution is 5.95. The molecule has 194 valence electrons. The molecule has 38 heavy (non-hydrogen) atoms. The number of hydrogen-bond acceptors (Lipinski definition) is 7. The van der Waals surface area contributed by atoms with Gasteiger partial charge < -0.3 is 19.2 Å². The molecule has 0 saturated carbocycles. The molecule has 5 rings (SSSR count). The molecule has 12 heteroatoms. The average Bonchev–Trinajstić information content (AvgIpc) is 3.56. The van der Waals surface area contributed by atoms with E-state index >= 15 is 0 Å². The van der Waals surface area contributed by atoms with Crippen molar-refractivity contribution in [2.45, 2.75) is 6.18 Å². The molecule has 0 aliphatic rings. The average molecular weight is 525 g/mol. The minimum Gasteiger partial charge on any atom is -0.436 e. The number of alkyl halides is 3. The molecular weight excluding hydrogens is 506 g/mol. The fourth-order valence-corrected chi connectivity index (χ4v) is 3.73. The molecule has 0 unspecified atom stereocenters. The normalized spacial score (nSPS) is 11.6. The Morgan fingerprint density at radius 1 is 1.03 bits per heavy atom. The molecule has 0 aliphatic carbocycles. The van der Waals surface area contributed by atoms with Gasteiger partial charge in [0.1, 0.15) is 11.3 Å². The SMILES string of the molecule is CN(CCNC(=O)c1cccc(-c2noc(C(F)(F)F)n2)c1)c1ccc2oc(-c3ccccc3F)nc2c1. The Kier molecular flexibility index (Phi) is 6.53. The molecule has 0 spiro atoms. The van der Waals surface area contributed by atoms with Crippen molar-refractivity contribution in [1.82, 2.24) is 20.4 Å². The third-order valence-corrected chi connectivity index (χ3v) is 5.70.